The molecule has 0 N–H and O–H groups in total. The zero-order valence-electron chi connectivity index (χ0n) is 69.8. The maximum atomic E-state index is 10.2. The van der Waals surface area contributed by atoms with Crippen molar-refractivity contribution in [2.45, 2.75) is 67.3 Å². The summed E-state index contributed by atoms with van der Waals surface area (Å²) >= 11 is 0. The Balaban J connectivity index is 1.21. The van der Waals surface area contributed by atoms with Crippen molar-refractivity contribution in [3.05, 3.63) is 258 Å². The largest absolute Gasteiger partial charge is 0.458 e. The Kier molecular flexibility index (Phi) is 6.84. The summed E-state index contributed by atoms with van der Waals surface area (Å²) in [6, 6.07) is 32.0. The van der Waals surface area contributed by atoms with Gasteiger partial charge in [-0.15, -0.1) is 0 Å². The highest BCUT2D eigenvalue weighted by Gasteiger charge is 2.30. The average Bonchev–Trinajstić information content (AvgIpc) is 1.59. The Morgan fingerprint density at radius 3 is 1.67 bits per heavy atom. The number of imidazole rings is 1. The van der Waals surface area contributed by atoms with E-state index in [4.69, 9.17) is 26.2 Å². The van der Waals surface area contributed by atoms with E-state index in [2.05, 4.69) is 27.1 Å². The number of nitrogens with zero attached hydrogens (tertiary/aromatic N) is 4. The molecule has 4 heterocycles. The number of fused-ring (bicyclic) bond motifs is 10. The molecule has 3 aromatic heterocycles. The first-order valence-electron chi connectivity index (χ1n) is 39.0. The highest BCUT2D eigenvalue weighted by Crippen LogP contribution is 2.49. The van der Waals surface area contributed by atoms with Gasteiger partial charge in [0.1, 0.15) is 17.3 Å². The van der Waals surface area contributed by atoms with Crippen molar-refractivity contribution >= 4 is 32.8 Å². The lowest BCUT2D eigenvalue weighted by atomic mass is 9.84. The van der Waals surface area contributed by atoms with Gasteiger partial charge in [-0.3, -0.25) is 13.7 Å². The number of benzene rings is 10. The van der Waals surface area contributed by atoms with E-state index in [9.17, 15) is 19.2 Å². The minimum atomic E-state index is -3.26. The molecule has 0 amide bonds. The van der Waals surface area contributed by atoms with E-state index >= 15 is 0 Å². The summed E-state index contributed by atoms with van der Waals surface area (Å²) in [5.41, 5.74) is -7.48. The molecule has 392 valence electrons. The second-order valence-electron chi connectivity index (χ2n) is 21.1. The minimum Gasteiger partial charge on any atom is -0.458 e. The molecular formula is C76H62N4O. The monoisotopic (exact) mass is 1070 g/mol. The van der Waals surface area contributed by atoms with E-state index in [1.54, 1.807) is 36.5 Å². The van der Waals surface area contributed by atoms with Crippen LogP contribution in [-0.2, 0) is 5.41 Å². The van der Waals surface area contributed by atoms with Gasteiger partial charge in [-0.1, -0.05) is 154 Å². The van der Waals surface area contributed by atoms with Crippen molar-refractivity contribution in [3.8, 4) is 95.5 Å². The van der Waals surface area contributed by atoms with Crippen LogP contribution in [-0.4, -0.2) is 14.1 Å². The standard InChI is InChI=1S/C76H62N4O/c1-46-20-16-21-47(2)71(46)52-38-64-60-30-12-10-28-58(60)59-29-11-13-31-61(59)65-39-53(72-48(3)22-17-23-49(72)4)41-69-75(65)79(74(64)66(40-52)73-50(5)24-18-25-51(73)6)45-78(69)55-26-19-27-56(43-55)81-57-34-35-63-62-32-14-15-33-67(62)80(68(63)44-57)70-42-54(36-37-77-70)76(7,8)9/h10-44H,1-9H3/i1D3,2D3,3D3,4D3,5D3,6D3,10D,11D,12D,13D,28D,29D,30D,31D. The molecule has 5 heteroatoms. The zero-order chi connectivity index (χ0) is 77.4. The lowest BCUT2D eigenvalue weighted by Crippen LogP contribution is -2.32. The highest BCUT2D eigenvalue weighted by atomic mass is 16.5. The number of aromatic nitrogens is 4. The molecule has 0 saturated carbocycles. The van der Waals surface area contributed by atoms with E-state index in [0.717, 1.165) is 51.6 Å². The van der Waals surface area contributed by atoms with Gasteiger partial charge < -0.3 is 4.74 Å². The molecule has 0 saturated heterocycles. The van der Waals surface area contributed by atoms with Crippen LogP contribution >= 0.6 is 0 Å². The van der Waals surface area contributed by atoms with Crippen molar-refractivity contribution in [2.75, 3.05) is 0 Å². The lowest BCUT2D eigenvalue weighted by molar-refractivity contribution is -0.570. The smallest absolute Gasteiger partial charge is 0.269 e. The maximum absolute atomic E-state index is 10.2. The van der Waals surface area contributed by atoms with E-state index in [1.165, 1.54) is 63.7 Å². The van der Waals surface area contributed by atoms with Crippen LogP contribution in [0.2, 0.25) is 0 Å². The molecule has 0 atom stereocenters. The normalized spacial score (nSPS) is 17.6. The molecule has 1 aliphatic rings. The van der Waals surface area contributed by atoms with Gasteiger partial charge >= 0.3 is 0 Å². The van der Waals surface area contributed by atoms with E-state index in [-0.39, 0.29) is 50.1 Å². The summed E-state index contributed by atoms with van der Waals surface area (Å²) < 4.78 is 252. The van der Waals surface area contributed by atoms with E-state index in [0.29, 0.717) is 11.6 Å². The van der Waals surface area contributed by atoms with Crippen LogP contribution in [0.4, 0.5) is 0 Å². The first-order chi connectivity index (χ1) is 49.9. The summed E-state index contributed by atoms with van der Waals surface area (Å²) in [6.45, 7) is -12.7. The van der Waals surface area contributed by atoms with Crippen molar-refractivity contribution in [3.63, 3.8) is 0 Å². The van der Waals surface area contributed by atoms with Crippen LogP contribution < -0.4 is 9.30 Å². The molecule has 0 spiro atoms. The fourth-order valence-corrected chi connectivity index (χ4v) is 11.4. The van der Waals surface area contributed by atoms with Crippen LogP contribution in [0.5, 0.6) is 11.5 Å². The lowest BCUT2D eigenvalue weighted by Gasteiger charge is -2.23. The predicted octanol–water partition coefficient (Wildman–Crippen LogP) is 19.5. The molecular weight excluding hydrogens is 985 g/mol. The second-order valence-corrected chi connectivity index (χ2v) is 21.1. The number of hydrogen-bond donors (Lipinski definition) is 0. The fourth-order valence-electron chi connectivity index (χ4n) is 11.4. The van der Waals surface area contributed by atoms with Crippen molar-refractivity contribution in [1.82, 2.24) is 14.1 Å². The van der Waals surface area contributed by atoms with Gasteiger partial charge in [0.25, 0.3) is 6.33 Å². The molecule has 5 nitrogen and oxygen atoms in total. The number of rotatable bonds is 7. The molecule has 0 radical (unpaired) electrons. The third-order valence-electron chi connectivity index (χ3n) is 15.1. The summed E-state index contributed by atoms with van der Waals surface area (Å²) in [7, 11) is 0. The highest BCUT2D eigenvalue weighted by molar-refractivity contribution is 6.10. The third kappa shape index (κ3) is 8.21. The molecule has 14 rings (SSSR count). The number of hydrogen-bond acceptors (Lipinski definition) is 2. The second kappa shape index (κ2) is 19.1. The Morgan fingerprint density at radius 2 is 1.02 bits per heavy atom. The summed E-state index contributed by atoms with van der Waals surface area (Å²) in [4.78, 5) is 4.84. The molecule has 10 aromatic carbocycles. The fraction of sp³-hybridized carbons (Fsp3) is 0.132. The molecule has 1 aliphatic heterocycles. The molecule has 0 bridgehead atoms. The molecule has 0 fully saturated rings. The van der Waals surface area contributed by atoms with E-state index < -0.39 is 173 Å². The van der Waals surface area contributed by atoms with Gasteiger partial charge in [0.2, 0.25) is 0 Å². The number of pyridine rings is 1. The Hall–Kier alpha value is -9.58. The predicted molar refractivity (Wildman–Crippen MR) is 336 cm³/mol. The Morgan fingerprint density at radius 1 is 0.481 bits per heavy atom. The van der Waals surface area contributed by atoms with Gasteiger partial charge in [0, 0.05) is 47.7 Å². The first kappa shape index (κ1) is 29.0. The van der Waals surface area contributed by atoms with Crippen LogP contribution in [0.1, 0.15) is 95.4 Å². The number of ether oxygens (including phenoxy) is 1. The van der Waals surface area contributed by atoms with Crippen LogP contribution in [0.15, 0.2) is 212 Å². The van der Waals surface area contributed by atoms with Crippen LogP contribution in [0.3, 0.4) is 0 Å². The zero-order valence-corrected chi connectivity index (χ0v) is 43.8. The van der Waals surface area contributed by atoms with Crippen molar-refractivity contribution in [1.29, 1.82) is 0 Å². The van der Waals surface area contributed by atoms with Gasteiger partial charge in [-0.05, 0) is 219 Å². The minimum absolute atomic E-state index is 0.121. The Labute approximate surface area is 511 Å². The molecule has 0 aliphatic carbocycles. The van der Waals surface area contributed by atoms with E-state index in [1.807, 2.05) is 53.1 Å². The van der Waals surface area contributed by atoms with Gasteiger partial charge in [0.05, 0.1) is 44.4 Å². The summed E-state index contributed by atoms with van der Waals surface area (Å²) in [5, 5.41) is 1.79. The first-order valence-corrected chi connectivity index (χ1v) is 26.0. The molecule has 81 heavy (non-hydrogen) atoms. The van der Waals surface area contributed by atoms with Crippen LogP contribution in [0, 0.1) is 47.4 Å². The summed E-state index contributed by atoms with van der Waals surface area (Å²) in [6.07, 6.45) is 5.13. The number of para-hydroxylation sites is 1. The van der Waals surface area contributed by atoms with Gasteiger partial charge in [-0.25, -0.2) is 4.98 Å². The Bertz CT molecular complexity index is 5830. The van der Waals surface area contributed by atoms with Crippen molar-refractivity contribution in [2.24, 2.45) is 0 Å². The summed E-state index contributed by atoms with van der Waals surface area (Å²) in [5.74, 6) is 1.13. The molecule has 0 unspecified atom stereocenters. The average molecular weight is 1070 g/mol. The molecule has 13 aromatic rings. The quantitative estimate of drug-likeness (QED) is 0.118. The third-order valence-corrected chi connectivity index (χ3v) is 15.1. The SMILES string of the molecule is [2H]c1c([2H])c([2H])c2c(c1[2H])-c1cc(-c3c(C([2H])([2H])[2H])cccc3C([2H])([2H])[2H])cc(-c3c(C([2H])([2H])[2H])cccc3C([2H])([2H])[2H])c1-[n+]1[c-]n(-c3cccc(Oc4ccc5c6ccccc6n(-c6cc(C(C)(C)C)ccn6)c5c4)c3)c3cc(-c4c(C([2H])([2H])[2H])cccc4C([2H])([2H])[2H])cc(c31)-c1c([2H])c([2H])c([2H])c([2H])c1-2. The van der Waals surface area contributed by atoms with Crippen LogP contribution in [0.25, 0.3) is 117 Å². The number of aryl methyl sites for hydroxylation is 6. The maximum Gasteiger partial charge on any atom is 0.269 e. The topological polar surface area (TPSA) is 35.9 Å². The van der Waals surface area contributed by atoms with Gasteiger partial charge in [-0.2, -0.15) is 0 Å². The van der Waals surface area contributed by atoms with Gasteiger partial charge in [0.15, 0.2) is 0 Å². The van der Waals surface area contributed by atoms with Crippen molar-refractivity contribution < 1.29 is 44.9 Å².